The highest BCUT2D eigenvalue weighted by Crippen LogP contribution is 2.52. The predicted molar refractivity (Wildman–Crippen MR) is 144 cm³/mol. The highest BCUT2D eigenvalue weighted by atomic mass is 31.2. The van der Waals surface area contributed by atoms with E-state index in [9.17, 15) is 14.2 Å². The molecule has 0 atom stereocenters. The number of aromatic nitrogens is 2. The topological polar surface area (TPSA) is 154 Å². The largest absolute Gasteiger partial charge is 0.510 e. The molecule has 2 heterocycles. The van der Waals surface area contributed by atoms with Crippen LogP contribution in [0.4, 0.5) is 29.7 Å². The first-order valence-corrected chi connectivity index (χ1v) is 14.2. The van der Waals surface area contributed by atoms with E-state index in [2.05, 4.69) is 24.8 Å². The molecule has 0 aliphatic carbocycles. The molecule has 0 amide bonds. The number of benzene rings is 1. The van der Waals surface area contributed by atoms with Crippen LogP contribution in [0, 0.1) is 11.6 Å². The van der Waals surface area contributed by atoms with Gasteiger partial charge in [-0.05, 0) is 45.9 Å². The number of fused-ring (bicyclic) bond motifs is 1. The lowest BCUT2D eigenvalue weighted by Crippen LogP contribution is -2.17. The Bertz CT molecular complexity index is 1400. The highest BCUT2D eigenvalue weighted by molar-refractivity contribution is 7.53. The molecule has 0 unspecified atom stereocenters. The molecule has 2 aromatic heterocycles. The summed E-state index contributed by atoms with van der Waals surface area (Å²) in [5.41, 5.74) is 0.339. The van der Waals surface area contributed by atoms with E-state index in [1.165, 1.54) is 19.5 Å². The number of pyridine rings is 2. The summed E-state index contributed by atoms with van der Waals surface area (Å²) >= 11 is 0. The lowest BCUT2D eigenvalue weighted by Gasteiger charge is -2.20. The first-order chi connectivity index (χ1) is 19.9. The number of nitrogens with one attached hydrogen (secondary N) is 1. The summed E-state index contributed by atoms with van der Waals surface area (Å²) < 4.78 is 77.9. The Kier molecular flexibility index (Phi) is 11.4. The number of nitrogens with zero attached hydrogens (tertiary/aromatic N) is 2. The van der Waals surface area contributed by atoms with E-state index in [0.717, 1.165) is 12.1 Å². The number of carbonyl (C=O) groups is 2. The van der Waals surface area contributed by atoms with Crippen molar-refractivity contribution in [2.75, 3.05) is 26.0 Å². The van der Waals surface area contributed by atoms with Crippen LogP contribution in [0.5, 0.6) is 5.88 Å². The van der Waals surface area contributed by atoms with Crippen molar-refractivity contribution in [3.8, 4) is 5.88 Å². The number of hydrogen-bond acceptors (Lipinski definition) is 13. The lowest BCUT2D eigenvalue weighted by molar-refractivity contribution is -0.0305. The third kappa shape index (κ3) is 9.50. The number of rotatable bonds is 13. The molecule has 42 heavy (non-hydrogen) atoms. The Morgan fingerprint density at radius 1 is 0.929 bits per heavy atom. The zero-order chi connectivity index (χ0) is 30.9. The number of halogens is 2. The number of anilines is 2. The van der Waals surface area contributed by atoms with Crippen LogP contribution in [0.15, 0.2) is 36.7 Å². The van der Waals surface area contributed by atoms with Gasteiger partial charge in [0.2, 0.25) is 19.5 Å². The molecule has 0 saturated heterocycles. The lowest BCUT2D eigenvalue weighted by atomic mass is 10.1. The van der Waals surface area contributed by atoms with Crippen LogP contribution in [0.3, 0.4) is 0 Å². The van der Waals surface area contributed by atoms with E-state index >= 15 is 8.78 Å². The summed E-state index contributed by atoms with van der Waals surface area (Å²) in [6, 6.07) is 5.13. The molecule has 0 radical (unpaired) electrons. The van der Waals surface area contributed by atoms with E-state index in [1.807, 2.05) is 0 Å². The van der Waals surface area contributed by atoms with Crippen LogP contribution in [0.25, 0.3) is 10.9 Å². The van der Waals surface area contributed by atoms with Crippen molar-refractivity contribution < 1.29 is 55.7 Å². The van der Waals surface area contributed by atoms with Crippen LogP contribution in [-0.4, -0.2) is 55.2 Å². The maximum absolute atomic E-state index is 15.2. The molecular formula is C26H30F2N3O10P. The summed E-state index contributed by atoms with van der Waals surface area (Å²) in [5.74, 6) is -1.85. The second-order valence-electron chi connectivity index (χ2n) is 9.03. The van der Waals surface area contributed by atoms with Crippen LogP contribution >= 0.6 is 7.60 Å². The zero-order valence-electron chi connectivity index (χ0n) is 23.4. The van der Waals surface area contributed by atoms with E-state index in [-0.39, 0.29) is 5.69 Å². The van der Waals surface area contributed by atoms with Crippen LogP contribution in [0.1, 0.15) is 33.3 Å². The molecule has 3 aromatic rings. The summed E-state index contributed by atoms with van der Waals surface area (Å²) in [6.45, 7) is 4.38. The first-order valence-electron chi connectivity index (χ1n) is 12.5. The molecule has 1 aromatic carbocycles. The Balaban J connectivity index is 1.79. The van der Waals surface area contributed by atoms with Gasteiger partial charge in [-0.1, -0.05) is 0 Å². The molecule has 0 spiro atoms. The number of carbonyl (C=O) groups excluding carboxylic acids is 2. The molecule has 0 bridgehead atoms. The number of hydrogen-bond donors (Lipinski definition) is 1. The van der Waals surface area contributed by atoms with Crippen molar-refractivity contribution in [2.45, 2.75) is 46.1 Å². The molecule has 228 valence electrons. The van der Waals surface area contributed by atoms with Gasteiger partial charge in [-0.25, -0.2) is 23.4 Å². The second-order valence-corrected chi connectivity index (χ2v) is 11.1. The summed E-state index contributed by atoms with van der Waals surface area (Å²) in [4.78, 5) is 31.6. The smallest absolute Gasteiger partial charge is 0.481 e. The standard InChI is InChI=1S/C26H30F2N3O10P/c1-15(2)40-25(32)36-13-38-42(34,39-14-37-26(33)41-16(3)4)12-19-20(27)8-17(9-21(19)28)31-22-6-7-29-23-10-24(35-5)30-11-18(22)23/h6-11,15-16H,12-14H2,1-5H3,(H,29,31). The van der Waals surface area contributed by atoms with E-state index in [0.29, 0.717) is 22.5 Å². The molecule has 16 heteroatoms. The Morgan fingerprint density at radius 2 is 1.50 bits per heavy atom. The molecule has 0 fully saturated rings. The van der Waals surface area contributed by atoms with Gasteiger partial charge in [0.15, 0.2) is 0 Å². The minimum atomic E-state index is -4.49. The Labute approximate surface area is 239 Å². The minimum absolute atomic E-state index is 0.0215. The van der Waals surface area contributed by atoms with E-state index < -0.39 is 69.1 Å². The normalized spacial score (nSPS) is 11.5. The maximum atomic E-state index is 15.2. The van der Waals surface area contributed by atoms with Crippen molar-refractivity contribution in [1.82, 2.24) is 9.97 Å². The van der Waals surface area contributed by atoms with Crippen molar-refractivity contribution in [2.24, 2.45) is 0 Å². The average Bonchev–Trinajstić information content (AvgIpc) is 2.90. The van der Waals surface area contributed by atoms with Gasteiger partial charge >= 0.3 is 19.9 Å². The van der Waals surface area contributed by atoms with Gasteiger partial charge in [0.25, 0.3) is 0 Å². The van der Waals surface area contributed by atoms with Crippen molar-refractivity contribution in [3.05, 3.63) is 53.9 Å². The van der Waals surface area contributed by atoms with Gasteiger partial charge in [0.05, 0.1) is 36.7 Å². The molecular weight excluding hydrogens is 583 g/mol. The first kappa shape index (κ1) is 32.4. The fourth-order valence-corrected chi connectivity index (χ4v) is 4.68. The van der Waals surface area contributed by atoms with E-state index in [1.54, 1.807) is 39.8 Å². The van der Waals surface area contributed by atoms with Crippen LogP contribution < -0.4 is 10.1 Å². The van der Waals surface area contributed by atoms with Crippen molar-refractivity contribution >= 4 is 42.2 Å². The van der Waals surface area contributed by atoms with Gasteiger partial charge < -0.3 is 29.0 Å². The third-order valence-electron chi connectivity index (χ3n) is 5.10. The van der Waals surface area contributed by atoms with Crippen LogP contribution in [0.2, 0.25) is 0 Å². The quantitative estimate of drug-likeness (QED) is 0.128. The fourth-order valence-electron chi connectivity index (χ4n) is 3.31. The second kappa shape index (κ2) is 14.7. The molecule has 0 saturated carbocycles. The monoisotopic (exact) mass is 613 g/mol. The Morgan fingerprint density at radius 3 is 2.02 bits per heavy atom. The van der Waals surface area contributed by atoms with Gasteiger partial charge in [-0.15, -0.1) is 0 Å². The van der Waals surface area contributed by atoms with E-state index in [4.69, 9.17) is 23.3 Å². The van der Waals surface area contributed by atoms with Gasteiger partial charge in [-0.2, -0.15) is 0 Å². The summed E-state index contributed by atoms with van der Waals surface area (Å²) in [7, 11) is -3.03. The highest BCUT2D eigenvalue weighted by Gasteiger charge is 2.31. The number of methoxy groups -OCH3 is 1. The average molecular weight is 614 g/mol. The third-order valence-corrected chi connectivity index (χ3v) is 6.80. The van der Waals surface area contributed by atoms with Gasteiger partial charge in [0.1, 0.15) is 11.6 Å². The summed E-state index contributed by atoms with van der Waals surface area (Å²) in [5, 5.41) is 3.46. The SMILES string of the molecule is COc1cc2nccc(Nc3cc(F)c(CP(=O)(OCOC(=O)OC(C)C)OCOC(=O)OC(C)C)c(F)c3)c2cn1. The maximum Gasteiger partial charge on any atom is 0.510 e. The molecule has 1 N–H and O–H groups in total. The van der Waals surface area contributed by atoms with Gasteiger partial charge in [-0.3, -0.25) is 18.6 Å². The molecule has 0 aliphatic rings. The molecule has 13 nitrogen and oxygen atoms in total. The predicted octanol–water partition coefficient (Wildman–Crippen LogP) is 6.42. The molecule has 0 aliphatic heterocycles. The minimum Gasteiger partial charge on any atom is -0.481 e. The zero-order valence-corrected chi connectivity index (χ0v) is 24.3. The number of ether oxygens (including phenoxy) is 5. The summed E-state index contributed by atoms with van der Waals surface area (Å²) in [6.07, 6.45) is -1.27. The van der Waals surface area contributed by atoms with Gasteiger partial charge in [0, 0.05) is 35.1 Å². The Hall–Kier alpha value is -4.07. The van der Waals surface area contributed by atoms with Crippen molar-refractivity contribution in [1.29, 1.82) is 0 Å². The van der Waals surface area contributed by atoms with Crippen molar-refractivity contribution in [3.63, 3.8) is 0 Å². The fraction of sp³-hybridized carbons (Fsp3) is 0.385. The molecule has 3 rings (SSSR count). The van der Waals surface area contributed by atoms with Crippen LogP contribution in [-0.2, 0) is 38.7 Å².